The van der Waals surface area contributed by atoms with Crippen molar-refractivity contribution in [1.29, 1.82) is 0 Å². The number of carboxylic acid groups (broad SMARTS) is 1. The van der Waals surface area contributed by atoms with E-state index in [0.717, 1.165) is 6.42 Å². The van der Waals surface area contributed by atoms with Crippen molar-refractivity contribution < 1.29 is 9.90 Å². The second kappa shape index (κ2) is 16.1. The third kappa shape index (κ3) is 14.5. The SMILES string of the molecule is CCCCCCCCCCC(CC=C(C)C(=O)O)CCCCC. The molecule has 23 heavy (non-hydrogen) atoms. The molecule has 0 amide bonds. The summed E-state index contributed by atoms with van der Waals surface area (Å²) in [6.45, 7) is 6.21. The van der Waals surface area contributed by atoms with Gasteiger partial charge in [0.1, 0.15) is 0 Å². The van der Waals surface area contributed by atoms with E-state index in [9.17, 15) is 4.79 Å². The van der Waals surface area contributed by atoms with Crippen molar-refractivity contribution in [3.8, 4) is 0 Å². The maximum atomic E-state index is 10.9. The molecule has 1 atom stereocenters. The van der Waals surface area contributed by atoms with E-state index in [4.69, 9.17) is 5.11 Å². The van der Waals surface area contributed by atoms with Crippen LogP contribution in [-0.4, -0.2) is 11.1 Å². The van der Waals surface area contributed by atoms with Crippen LogP contribution in [0.5, 0.6) is 0 Å². The summed E-state index contributed by atoms with van der Waals surface area (Å²) in [4.78, 5) is 10.9. The van der Waals surface area contributed by atoms with Crippen LogP contribution in [0.25, 0.3) is 0 Å². The van der Waals surface area contributed by atoms with Crippen LogP contribution in [0.4, 0.5) is 0 Å². The first-order chi connectivity index (χ1) is 11.1. The zero-order chi connectivity index (χ0) is 17.3. The number of carboxylic acids is 1. The molecule has 1 unspecified atom stereocenters. The van der Waals surface area contributed by atoms with Crippen LogP contribution in [0.15, 0.2) is 11.6 Å². The molecule has 0 aliphatic rings. The van der Waals surface area contributed by atoms with Crippen LogP contribution in [0.3, 0.4) is 0 Å². The summed E-state index contributed by atoms with van der Waals surface area (Å²) >= 11 is 0. The highest BCUT2D eigenvalue weighted by Gasteiger charge is 2.08. The Morgan fingerprint density at radius 1 is 0.826 bits per heavy atom. The molecule has 0 saturated carbocycles. The standard InChI is InChI=1S/C21H40O2/c1-4-6-8-9-10-11-12-14-16-20(15-13-7-5-2)18-17-19(3)21(22)23/h17,20H,4-16,18H2,1-3H3,(H,22,23). The molecule has 0 spiro atoms. The molecular weight excluding hydrogens is 284 g/mol. The number of rotatable bonds is 16. The molecule has 136 valence electrons. The Morgan fingerprint density at radius 2 is 1.26 bits per heavy atom. The van der Waals surface area contributed by atoms with E-state index in [0.29, 0.717) is 11.5 Å². The summed E-state index contributed by atoms with van der Waals surface area (Å²) in [7, 11) is 0. The molecule has 0 fully saturated rings. The lowest BCUT2D eigenvalue weighted by molar-refractivity contribution is -0.132. The van der Waals surface area contributed by atoms with Gasteiger partial charge < -0.3 is 5.11 Å². The number of carbonyl (C=O) groups is 1. The van der Waals surface area contributed by atoms with Crippen LogP contribution in [0.1, 0.15) is 111 Å². The number of allylic oxidation sites excluding steroid dienone is 1. The van der Waals surface area contributed by atoms with Gasteiger partial charge in [0.25, 0.3) is 0 Å². The van der Waals surface area contributed by atoms with Gasteiger partial charge in [-0.15, -0.1) is 0 Å². The van der Waals surface area contributed by atoms with Crippen molar-refractivity contribution in [2.75, 3.05) is 0 Å². The van der Waals surface area contributed by atoms with Gasteiger partial charge in [0.15, 0.2) is 0 Å². The van der Waals surface area contributed by atoms with Crippen LogP contribution < -0.4 is 0 Å². The number of unbranched alkanes of at least 4 members (excludes halogenated alkanes) is 9. The average molecular weight is 325 g/mol. The minimum Gasteiger partial charge on any atom is -0.478 e. The van der Waals surface area contributed by atoms with Gasteiger partial charge in [-0.2, -0.15) is 0 Å². The third-order valence-electron chi connectivity index (χ3n) is 4.78. The Balaban J connectivity index is 3.92. The first-order valence-electron chi connectivity index (χ1n) is 10.0. The Morgan fingerprint density at radius 3 is 1.78 bits per heavy atom. The molecule has 0 aliphatic carbocycles. The molecule has 0 aromatic carbocycles. The predicted molar refractivity (Wildman–Crippen MR) is 101 cm³/mol. The molecule has 0 bridgehead atoms. The van der Waals surface area contributed by atoms with E-state index in [1.165, 1.54) is 83.5 Å². The molecule has 0 aromatic heterocycles. The fourth-order valence-electron chi connectivity index (χ4n) is 3.06. The van der Waals surface area contributed by atoms with Crippen molar-refractivity contribution in [2.45, 2.75) is 111 Å². The average Bonchev–Trinajstić information content (AvgIpc) is 2.54. The fourth-order valence-corrected chi connectivity index (χ4v) is 3.06. The number of hydrogen-bond donors (Lipinski definition) is 1. The smallest absolute Gasteiger partial charge is 0.330 e. The van der Waals surface area contributed by atoms with Crippen molar-refractivity contribution in [2.24, 2.45) is 5.92 Å². The van der Waals surface area contributed by atoms with E-state index in [1.807, 2.05) is 6.08 Å². The lowest BCUT2D eigenvalue weighted by atomic mass is 9.91. The molecule has 2 nitrogen and oxygen atoms in total. The van der Waals surface area contributed by atoms with Gasteiger partial charge in [-0.05, 0) is 19.3 Å². The highest BCUT2D eigenvalue weighted by Crippen LogP contribution is 2.22. The van der Waals surface area contributed by atoms with Gasteiger partial charge in [0.05, 0.1) is 0 Å². The Hall–Kier alpha value is -0.790. The first kappa shape index (κ1) is 22.2. The van der Waals surface area contributed by atoms with Gasteiger partial charge >= 0.3 is 5.97 Å². The van der Waals surface area contributed by atoms with Crippen LogP contribution in [0.2, 0.25) is 0 Å². The highest BCUT2D eigenvalue weighted by atomic mass is 16.4. The molecule has 1 N–H and O–H groups in total. The van der Waals surface area contributed by atoms with Crippen LogP contribution in [-0.2, 0) is 4.79 Å². The third-order valence-corrected chi connectivity index (χ3v) is 4.78. The number of hydrogen-bond acceptors (Lipinski definition) is 1. The minimum absolute atomic E-state index is 0.501. The van der Waals surface area contributed by atoms with E-state index in [2.05, 4.69) is 13.8 Å². The lowest BCUT2D eigenvalue weighted by Gasteiger charge is -2.15. The maximum Gasteiger partial charge on any atom is 0.330 e. The second-order valence-electron chi connectivity index (χ2n) is 7.05. The van der Waals surface area contributed by atoms with Gasteiger partial charge in [0.2, 0.25) is 0 Å². The monoisotopic (exact) mass is 324 g/mol. The van der Waals surface area contributed by atoms with Crippen molar-refractivity contribution in [3.05, 3.63) is 11.6 Å². The van der Waals surface area contributed by atoms with Crippen LogP contribution in [0, 0.1) is 5.92 Å². The summed E-state index contributed by atoms with van der Waals surface area (Å²) in [5.41, 5.74) is 0.501. The molecule has 0 heterocycles. The summed E-state index contributed by atoms with van der Waals surface area (Å²) < 4.78 is 0. The lowest BCUT2D eigenvalue weighted by Crippen LogP contribution is -2.02. The van der Waals surface area contributed by atoms with E-state index >= 15 is 0 Å². The van der Waals surface area contributed by atoms with Gasteiger partial charge in [-0.1, -0.05) is 103 Å². The minimum atomic E-state index is -0.774. The largest absolute Gasteiger partial charge is 0.478 e. The van der Waals surface area contributed by atoms with Crippen molar-refractivity contribution >= 4 is 5.97 Å². The van der Waals surface area contributed by atoms with Gasteiger partial charge in [0, 0.05) is 5.57 Å². The van der Waals surface area contributed by atoms with Crippen molar-refractivity contribution in [1.82, 2.24) is 0 Å². The van der Waals surface area contributed by atoms with E-state index in [-0.39, 0.29) is 0 Å². The van der Waals surface area contributed by atoms with Crippen molar-refractivity contribution in [3.63, 3.8) is 0 Å². The normalized spacial score (nSPS) is 13.3. The second-order valence-corrected chi connectivity index (χ2v) is 7.05. The summed E-state index contributed by atoms with van der Waals surface area (Å²) in [5, 5.41) is 8.98. The van der Waals surface area contributed by atoms with Gasteiger partial charge in [-0.25, -0.2) is 4.79 Å². The zero-order valence-corrected chi connectivity index (χ0v) is 15.9. The quantitative estimate of drug-likeness (QED) is 0.242. The summed E-state index contributed by atoms with van der Waals surface area (Å²) in [6.07, 6.45) is 20.2. The molecule has 0 radical (unpaired) electrons. The van der Waals surface area contributed by atoms with E-state index in [1.54, 1.807) is 6.92 Å². The maximum absolute atomic E-state index is 10.9. The van der Waals surface area contributed by atoms with E-state index < -0.39 is 5.97 Å². The molecule has 2 heteroatoms. The zero-order valence-electron chi connectivity index (χ0n) is 15.9. The summed E-state index contributed by atoms with van der Waals surface area (Å²) in [6, 6.07) is 0. The number of aliphatic carboxylic acids is 1. The Bertz CT molecular complexity index is 307. The Labute approximate surface area is 144 Å². The predicted octanol–water partition coefficient (Wildman–Crippen LogP) is 7.13. The highest BCUT2D eigenvalue weighted by molar-refractivity contribution is 5.85. The fraction of sp³-hybridized carbons (Fsp3) is 0.857. The summed E-state index contributed by atoms with van der Waals surface area (Å²) in [5.74, 6) is -0.0969. The first-order valence-corrected chi connectivity index (χ1v) is 10.0. The topological polar surface area (TPSA) is 37.3 Å². The van der Waals surface area contributed by atoms with Crippen LogP contribution >= 0.6 is 0 Å². The van der Waals surface area contributed by atoms with Gasteiger partial charge in [-0.3, -0.25) is 0 Å². The molecule has 0 aliphatic heterocycles. The molecular formula is C21H40O2. The molecule has 0 saturated heterocycles. The molecule has 0 rings (SSSR count). The Kier molecular flexibility index (Phi) is 15.5. The molecule has 0 aromatic rings.